The number of nitrogens with one attached hydrogen (secondary N) is 1. The molecule has 0 aliphatic heterocycles. The van der Waals surface area contributed by atoms with Crippen LogP contribution in [0, 0.1) is 10.1 Å². The fraction of sp³-hybridized carbons (Fsp3) is 0.154. The number of hydrogen-bond acceptors (Lipinski definition) is 6. The van der Waals surface area contributed by atoms with E-state index < -0.39 is 22.7 Å². The molecule has 0 unspecified atom stereocenters. The van der Waals surface area contributed by atoms with Crippen LogP contribution in [0.5, 0.6) is 0 Å². The highest BCUT2D eigenvalue weighted by Crippen LogP contribution is 2.28. The minimum Gasteiger partial charge on any atom is -0.325 e. The van der Waals surface area contributed by atoms with Gasteiger partial charge < -0.3 is 5.32 Å². The lowest BCUT2D eigenvalue weighted by molar-refractivity contribution is -0.384. The maximum absolute atomic E-state index is 12.5. The van der Waals surface area contributed by atoms with Gasteiger partial charge in [0.05, 0.1) is 10.7 Å². The molecule has 24 heavy (non-hydrogen) atoms. The lowest BCUT2D eigenvalue weighted by Gasteiger charge is -2.07. The van der Waals surface area contributed by atoms with E-state index >= 15 is 0 Å². The smallest absolute Gasteiger partial charge is 0.325 e. The lowest BCUT2D eigenvalue weighted by Crippen LogP contribution is -2.15. The van der Waals surface area contributed by atoms with E-state index in [9.17, 15) is 28.1 Å². The SMILES string of the molecule is O=C(CSc1nccc(C(F)(F)F)n1)Nc1cccc([N+](=O)[O-])c1. The molecule has 0 fully saturated rings. The third kappa shape index (κ3) is 4.91. The first kappa shape index (κ1) is 17.7. The maximum atomic E-state index is 12.5. The Labute approximate surface area is 137 Å². The first-order chi connectivity index (χ1) is 11.3. The number of carbonyl (C=O) groups is 1. The Morgan fingerprint density at radius 3 is 2.75 bits per heavy atom. The van der Waals surface area contributed by atoms with E-state index in [1.165, 1.54) is 24.3 Å². The van der Waals surface area contributed by atoms with Crippen LogP contribution in [-0.4, -0.2) is 26.6 Å². The Morgan fingerprint density at radius 2 is 2.08 bits per heavy atom. The van der Waals surface area contributed by atoms with Crippen LogP contribution in [0.2, 0.25) is 0 Å². The van der Waals surface area contributed by atoms with Crippen molar-refractivity contribution in [2.24, 2.45) is 0 Å². The standard InChI is InChI=1S/C13H9F3N4O3S/c14-13(15,16)10-4-5-17-12(19-10)24-7-11(21)18-8-2-1-3-9(6-8)20(22)23/h1-6H,7H2,(H,18,21). The van der Waals surface area contributed by atoms with E-state index in [2.05, 4.69) is 15.3 Å². The van der Waals surface area contributed by atoms with Gasteiger partial charge in [-0.05, 0) is 12.1 Å². The van der Waals surface area contributed by atoms with Gasteiger partial charge in [0.1, 0.15) is 5.69 Å². The Kier molecular flexibility index (Phi) is 5.34. The molecule has 2 aromatic rings. The summed E-state index contributed by atoms with van der Waals surface area (Å²) in [6.45, 7) is 0. The molecule has 0 saturated carbocycles. The van der Waals surface area contributed by atoms with Gasteiger partial charge in [-0.25, -0.2) is 9.97 Å². The van der Waals surface area contributed by atoms with Crippen molar-refractivity contribution in [3.8, 4) is 0 Å². The van der Waals surface area contributed by atoms with Gasteiger partial charge >= 0.3 is 6.18 Å². The molecule has 0 spiro atoms. The Balaban J connectivity index is 1.96. The molecule has 0 aliphatic rings. The third-order valence-corrected chi connectivity index (χ3v) is 3.46. The third-order valence-electron chi connectivity index (χ3n) is 2.60. The number of nitro groups is 1. The molecule has 11 heteroatoms. The molecule has 2 rings (SSSR count). The Hall–Kier alpha value is -2.69. The molecule has 1 N–H and O–H groups in total. The fourth-order valence-corrected chi connectivity index (χ4v) is 2.22. The minimum absolute atomic E-state index is 0.193. The second-order valence-corrected chi connectivity index (χ2v) is 5.31. The molecule has 1 heterocycles. The van der Waals surface area contributed by atoms with Crippen molar-refractivity contribution >= 4 is 29.0 Å². The van der Waals surface area contributed by atoms with Crippen molar-refractivity contribution < 1.29 is 22.9 Å². The fourth-order valence-electron chi connectivity index (χ4n) is 1.59. The van der Waals surface area contributed by atoms with Crippen LogP contribution in [0.3, 0.4) is 0 Å². The second kappa shape index (κ2) is 7.25. The number of alkyl halides is 3. The van der Waals surface area contributed by atoms with Crippen LogP contribution in [-0.2, 0) is 11.0 Å². The molecular formula is C13H9F3N4O3S. The van der Waals surface area contributed by atoms with E-state index in [4.69, 9.17) is 0 Å². The Bertz CT molecular complexity index is 770. The first-order valence-corrected chi connectivity index (χ1v) is 7.31. The van der Waals surface area contributed by atoms with E-state index in [0.717, 1.165) is 24.0 Å². The summed E-state index contributed by atoms with van der Waals surface area (Å²) in [4.78, 5) is 28.8. The van der Waals surface area contributed by atoms with Gasteiger partial charge in [-0.2, -0.15) is 13.2 Å². The highest BCUT2D eigenvalue weighted by Gasteiger charge is 2.32. The molecule has 0 radical (unpaired) electrons. The zero-order chi connectivity index (χ0) is 17.7. The molecule has 1 aromatic carbocycles. The molecule has 0 saturated heterocycles. The topological polar surface area (TPSA) is 98.0 Å². The number of aromatic nitrogens is 2. The average Bonchev–Trinajstić information content (AvgIpc) is 2.52. The summed E-state index contributed by atoms with van der Waals surface area (Å²) in [5.41, 5.74) is -1.08. The predicted octanol–water partition coefficient (Wildman–Crippen LogP) is 3.13. The minimum atomic E-state index is -4.59. The molecule has 7 nitrogen and oxygen atoms in total. The zero-order valence-electron chi connectivity index (χ0n) is 11.8. The van der Waals surface area contributed by atoms with Crippen LogP contribution in [0.4, 0.5) is 24.5 Å². The number of nitrogens with zero attached hydrogens (tertiary/aromatic N) is 3. The van der Waals surface area contributed by atoms with Gasteiger partial charge in [-0.15, -0.1) is 0 Å². The summed E-state index contributed by atoms with van der Waals surface area (Å²) < 4.78 is 37.6. The number of hydrogen-bond donors (Lipinski definition) is 1. The predicted molar refractivity (Wildman–Crippen MR) is 79.5 cm³/mol. The molecule has 0 atom stereocenters. The zero-order valence-corrected chi connectivity index (χ0v) is 12.6. The lowest BCUT2D eigenvalue weighted by atomic mass is 10.3. The van der Waals surface area contributed by atoms with Crippen molar-refractivity contribution in [3.05, 3.63) is 52.3 Å². The number of halogens is 3. The van der Waals surface area contributed by atoms with Crippen LogP contribution in [0.1, 0.15) is 5.69 Å². The number of thioether (sulfide) groups is 1. The Morgan fingerprint density at radius 1 is 1.33 bits per heavy atom. The quantitative estimate of drug-likeness (QED) is 0.382. The highest BCUT2D eigenvalue weighted by molar-refractivity contribution is 7.99. The van der Waals surface area contributed by atoms with Gasteiger partial charge in [0.2, 0.25) is 5.91 Å². The van der Waals surface area contributed by atoms with Gasteiger partial charge in [-0.1, -0.05) is 17.8 Å². The monoisotopic (exact) mass is 358 g/mol. The van der Waals surface area contributed by atoms with Gasteiger partial charge in [0.15, 0.2) is 5.16 Å². The second-order valence-electron chi connectivity index (χ2n) is 4.37. The summed E-state index contributed by atoms with van der Waals surface area (Å²) in [5.74, 6) is -0.800. The highest BCUT2D eigenvalue weighted by atomic mass is 32.2. The van der Waals surface area contributed by atoms with Crippen LogP contribution >= 0.6 is 11.8 Å². The first-order valence-electron chi connectivity index (χ1n) is 6.33. The molecule has 0 bridgehead atoms. The summed E-state index contributed by atoms with van der Waals surface area (Å²) in [6, 6.07) is 6.02. The number of amides is 1. The molecule has 1 amide bonds. The van der Waals surface area contributed by atoms with E-state index in [1.54, 1.807) is 0 Å². The van der Waals surface area contributed by atoms with Crippen molar-refractivity contribution in [2.75, 3.05) is 11.1 Å². The number of nitro benzene ring substituents is 1. The van der Waals surface area contributed by atoms with Gasteiger partial charge in [-0.3, -0.25) is 14.9 Å². The normalized spacial score (nSPS) is 11.1. The van der Waals surface area contributed by atoms with E-state index in [-0.39, 0.29) is 22.3 Å². The number of carbonyl (C=O) groups excluding carboxylic acids is 1. The summed E-state index contributed by atoms with van der Waals surface area (Å²) in [7, 11) is 0. The maximum Gasteiger partial charge on any atom is 0.433 e. The van der Waals surface area contributed by atoms with Crippen LogP contribution < -0.4 is 5.32 Å². The summed E-state index contributed by atoms with van der Waals surface area (Å²) >= 11 is 0.720. The van der Waals surface area contributed by atoms with Gasteiger partial charge in [0.25, 0.3) is 5.69 Å². The number of benzene rings is 1. The van der Waals surface area contributed by atoms with Crippen molar-refractivity contribution in [3.63, 3.8) is 0 Å². The number of non-ortho nitro benzene ring substituents is 1. The van der Waals surface area contributed by atoms with Crippen molar-refractivity contribution in [1.29, 1.82) is 0 Å². The number of rotatable bonds is 5. The van der Waals surface area contributed by atoms with Gasteiger partial charge in [0, 0.05) is 24.0 Å². The van der Waals surface area contributed by atoms with E-state index in [0.29, 0.717) is 0 Å². The number of anilines is 1. The van der Waals surface area contributed by atoms with Crippen LogP contribution in [0.25, 0.3) is 0 Å². The average molecular weight is 358 g/mol. The van der Waals surface area contributed by atoms with E-state index in [1.807, 2.05) is 0 Å². The molecule has 126 valence electrons. The molecule has 1 aromatic heterocycles. The van der Waals surface area contributed by atoms with Crippen molar-refractivity contribution in [1.82, 2.24) is 9.97 Å². The molecule has 0 aliphatic carbocycles. The largest absolute Gasteiger partial charge is 0.433 e. The molecular weight excluding hydrogens is 349 g/mol. The summed E-state index contributed by atoms with van der Waals surface area (Å²) in [6.07, 6.45) is -3.64. The van der Waals surface area contributed by atoms with Crippen molar-refractivity contribution in [2.45, 2.75) is 11.3 Å². The summed E-state index contributed by atoms with van der Waals surface area (Å²) in [5, 5.41) is 12.9. The van der Waals surface area contributed by atoms with Crippen LogP contribution in [0.15, 0.2) is 41.7 Å².